The highest BCUT2D eigenvalue weighted by atomic mass is 32.1. The molecule has 1 amide bonds. The van der Waals surface area contributed by atoms with E-state index < -0.39 is 17.5 Å². The average Bonchev–Trinajstić information content (AvgIpc) is 2.40. The van der Waals surface area contributed by atoms with Crippen molar-refractivity contribution < 1.29 is 13.6 Å². The van der Waals surface area contributed by atoms with Crippen LogP contribution in [0.5, 0.6) is 0 Å². The van der Waals surface area contributed by atoms with Gasteiger partial charge in [0.25, 0.3) is 5.91 Å². The van der Waals surface area contributed by atoms with E-state index in [-0.39, 0.29) is 5.56 Å². The molecule has 21 heavy (non-hydrogen) atoms. The Bertz CT molecular complexity index is 687. The van der Waals surface area contributed by atoms with Gasteiger partial charge in [-0.05, 0) is 29.8 Å². The normalized spacial score (nSPS) is 10.2. The smallest absolute Gasteiger partial charge is 0.258 e. The number of nitrogens with two attached hydrogens (primary N) is 1. The highest BCUT2D eigenvalue weighted by Crippen LogP contribution is 2.14. The molecule has 0 saturated heterocycles. The van der Waals surface area contributed by atoms with Crippen molar-refractivity contribution in [3.05, 3.63) is 65.2 Å². The lowest BCUT2D eigenvalue weighted by Crippen LogP contribution is -2.14. The monoisotopic (exact) mass is 306 g/mol. The maximum atomic E-state index is 13.5. The van der Waals surface area contributed by atoms with E-state index in [0.29, 0.717) is 23.2 Å². The number of nitrogens with one attached hydrogen (secondary N) is 1. The zero-order valence-corrected chi connectivity index (χ0v) is 11.7. The van der Waals surface area contributed by atoms with Crippen LogP contribution in [0.25, 0.3) is 0 Å². The number of benzene rings is 2. The third-order valence-electron chi connectivity index (χ3n) is 2.77. The van der Waals surface area contributed by atoms with Crippen molar-refractivity contribution in [3.63, 3.8) is 0 Å². The number of amides is 1. The van der Waals surface area contributed by atoms with Crippen LogP contribution in [-0.4, -0.2) is 10.9 Å². The van der Waals surface area contributed by atoms with E-state index in [1.165, 1.54) is 0 Å². The summed E-state index contributed by atoms with van der Waals surface area (Å²) < 4.78 is 26.3. The quantitative estimate of drug-likeness (QED) is 0.854. The Kier molecular flexibility index (Phi) is 4.59. The van der Waals surface area contributed by atoms with Crippen molar-refractivity contribution in [1.82, 2.24) is 0 Å². The van der Waals surface area contributed by atoms with Gasteiger partial charge in [0.1, 0.15) is 11.6 Å². The molecule has 0 aliphatic heterocycles. The number of carbonyl (C=O) groups excluding carboxylic acids is 1. The second kappa shape index (κ2) is 6.41. The van der Waals surface area contributed by atoms with Crippen molar-refractivity contribution in [3.8, 4) is 0 Å². The van der Waals surface area contributed by atoms with Gasteiger partial charge in [-0.15, -0.1) is 0 Å². The van der Waals surface area contributed by atoms with Gasteiger partial charge in [-0.25, -0.2) is 8.78 Å². The van der Waals surface area contributed by atoms with Crippen LogP contribution < -0.4 is 11.1 Å². The molecule has 0 unspecified atom stereocenters. The summed E-state index contributed by atoms with van der Waals surface area (Å²) in [5.74, 6) is -2.28. The molecule has 0 saturated carbocycles. The number of hydrogen-bond acceptors (Lipinski definition) is 2. The van der Waals surface area contributed by atoms with Crippen LogP contribution in [0.1, 0.15) is 15.9 Å². The molecule has 0 aromatic heterocycles. The van der Waals surface area contributed by atoms with E-state index in [9.17, 15) is 13.6 Å². The predicted octanol–water partition coefficient (Wildman–Crippen LogP) is 3.05. The maximum absolute atomic E-state index is 13.5. The molecular formula is C15H12F2N2OS. The first-order valence-corrected chi connectivity index (χ1v) is 6.50. The van der Waals surface area contributed by atoms with Gasteiger partial charge in [0.2, 0.25) is 0 Å². The van der Waals surface area contributed by atoms with Crippen LogP contribution in [0.2, 0.25) is 0 Å². The van der Waals surface area contributed by atoms with Crippen molar-refractivity contribution in [2.24, 2.45) is 5.73 Å². The first-order chi connectivity index (χ1) is 9.95. The highest BCUT2D eigenvalue weighted by molar-refractivity contribution is 7.80. The zero-order chi connectivity index (χ0) is 15.4. The van der Waals surface area contributed by atoms with Crippen molar-refractivity contribution in [2.45, 2.75) is 6.42 Å². The van der Waals surface area contributed by atoms with E-state index in [1.54, 1.807) is 24.3 Å². The second-order valence-corrected chi connectivity index (χ2v) is 4.94. The second-order valence-electron chi connectivity index (χ2n) is 4.42. The van der Waals surface area contributed by atoms with E-state index >= 15 is 0 Å². The van der Waals surface area contributed by atoms with Crippen LogP contribution in [0, 0.1) is 11.6 Å². The topological polar surface area (TPSA) is 55.1 Å². The molecular weight excluding hydrogens is 294 g/mol. The minimum Gasteiger partial charge on any atom is -0.393 e. The molecule has 0 bridgehead atoms. The van der Waals surface area contributed by atoms with Crippen LogP contribution in [0.3, 0.4) is 0 Å². The largest absolute Gasteiger partial charge is 0.393 e. The molecule has 2 aromatic carbocycles. The molecule has 3 nitrogen and oxygen atoms in total. The van der Waals surface area contributed by atoms with Crippen LogP contribution in [-0.2, 0) is 6.42 Å². The predicted molar refractivity (Wildman–Crippen MR) is 81.2 cm³/mol. The number of halogens is 2. The number of carbonyl (C=O) groups is 1. The third kappa shape index (κ3) is 4.06. The summed E-state index contributed by atoms with van der Waals surface area (Å²) in [6.45, 7) is 0. The molecule has 0 aliphatic rings. The zero-order valence-electron chi connectivity index (χ0n) is 10.9. The van der Waals surface area contributed by atoms with E-state index in [2.05, 4.69) is 5.32 Å². The van der Waals surface area contributed by atoms with E-state index in [1.807, 2.05) is 0 Å². The number of thiocarbonyl (C=S) groups is 1. The molecule has 0 atom stereocenters. The Labute approximate surface area is 125 Å². The summed E-state index contributed by atoms with van der Waals surface area (Å²) in [6.07, 6.45) is 0.468. The third-order valence-corrected chi connectivity index (χ3v) is 2.91. The molecule has 3 N–H and O–H groups in total. The van der Waals surface area contributed by atoms with Gasteiger partial charge < -0.3 is 11.1 Å². The highest BCUT2D eigenvalue weighted by Gasteiger charge is 2.12. The lowest BCUT2D eigenvalue weighted by molar-refractivity contribution is 0.102. The van der Waals surface area contributed by atoms with Crippen LogP contribution in [0.15, 0.2) is 42.5 Å². The van der Waals surface area contributed by atoms with E-state index in [4.69, 9.17) is 18.0 Å². The molecule has 108 valence electrons. The number of rotatable bonds is 4. The summed E-state index contributed by atoms with van der Waals surface area (Å²) in [7, 11) is 0. The fourth-order valence-electron chi connectivity index (χ4n) is 1.78. The fraction of sp³-hybridized carbons (Fsp3) is 0.0667. The molecule has 0 radical (unpaired) electrons. The summed E-state index contributed by atoms with van der Waals surface area (Å²) in [6, 6.07) is 9.64. The molecule has 6 heteroatoms. The molecule has 2 aromatic rings. The van der Waals surface area contributed by atoms with Gasteiger partial charge in [-0.3, -0.25) is 4.79 Å². The Morgan fingerprint density at radius 3 is 2.38 bits per heavy atom. The Morgan fingerprint density at radius 1 is 1.14 bits per heavy atom. The van der Waals surface area contributed by atoms with Crippen molar-refractivity contribution in [1.29, 1.82) is 0 Å². The van der Waals surface area contributed by atoms with Gasteiger partial charge >= 0.3 is 0 Å². The lowest BCUT2D eigenvalue weighted by atomic mass is 10.1. The van der Waals surface area contributed by atoms with Gasteiger partial charge in [-0.2, -0.15) is 0 Å². The summed E-state index contributed by atoms with van der Waals surface area (Å²) >= 11 is 4.80. The Balaban J connectivity index is 2.10. The van der Waals surface area contributed by atoms with Crippen LogP contribution in [0.4, 0.5) is 14.5 Å². The molecule has 0 heterocycles. The summed E-state index contributed by atoms with van der Waals surface area (Å²) in [4.78, 5) is 12.3. The Hall–Kier alpha value is -2.34. The molecule has 0 fully saturated rings. The van der Waals surface area contributed by atoms with Gasteiger partial charge in [-0.1, -0.05) is 24.4 Å². The summed E-state index contributed by atoms with van der Waals surface area (Å²) in [5.41, 5.74) is 6.62. The van der Waals surface area contributed by atoms with E-state index in [0.717, 1.165) is 17.7 Å². The van der Waals surface area contributed by atoms with Crippen LogP contribution >= 0.6 is 12.2 Å². The molecule has 0 aliphatic carbocycles. The first-order valence-electron chi connectivity index (χ1n) is 6.09. The minimum absolute atomic E-state index is 0.219. The SMILES string of the molecule is NC(=S)Cc1ccc(NC(=O)c2ccc(F)cc2F)cc1. The molecule has 2 rings (SSSR count). The van der Waals surface area contributed by atoms with Crippen molar-refractivity contribution in [2.75, 3.05) is 5.32 Å². The first kappa shape index (κ1) is 15.1. The Morgan fingerprint density at radius 2 is 1.81 bits per heavy atom. The number of hydrogen-bond donors (Lipinski definition) is 2. The summed E-state index contributed by atoms with van der Waals surface area (Å²) in [5, 5.41) is 2.53. The van der Waals surface area contributed by atoms with Crippen molar-refractivity contribution >= 4 is 28.8 Å². The van der Waals surface area contributed by atoms with Gasteiger partial charge in [0.05, 0.1) is 10.6 Å². The maximum Gasteiger partial charge on any atom is 0.258 e. The van der Waals surface area contributed by atoms with Gasteiger partial charge in [0.15, 0.2) is 0 Å². The average molecular weight is 306 g/mol. The fourth-order valence-corrected chi connectivity index (χ4v) is 1.95. The van der Waals surface area contributed by atoms with Gasteiger partial charge in [0, 0.05) is 18.2 Å². The lowest BCUT2D eigenvalue weighted by Gasteiger charge is -2.07. The standard InChI is InChI=1S/C15H12F2N2OS/c16-10-3-6-12(13(17)8-10)15(20)19-11-4-1-9(2-5-11)7-14(18)21/h1-6,8H,7H2,(H2,18,21)(H,19,20). The number of anilines is 1. The molecule has 0 spiro atoms. The minimum atomic E-state index is -0.905.